The fourth-order valence-corrected chi connectivity index (χ4v) is 1.96. The summed E-state index contributed by atoms with van der Waals surface area (Å²) in [4.78, 5) is 15.5. The number of hydrogen-bond acceptors (Lipinski definition) is 3. The average molecular weight is 254 g/mol. The van der Waals surface area contributed by atoms with Crippen LogP contribution in [0.1, 0.15) is 0 Å². The van der Waals surface area contributed by atoms with Gasteiger partial charge in [-0.05, 0) is 29.4 Å². The highest BCUT2D eigenvalue weighted by molar-refractivity contribution is 5.75. The van der Waals surface area contributed by atoms with E-state index in [2.05, 4.69) is 4.98 Å². The van der Waals surface area contributed by atoms with Gasteiger partial charge in [0.05, 0.1) is 5.03 Å². The quantitative estimate of drug-likeness (QED) is 0.532. The summed E-state index contributed by atoms with van der Waals surface area (Å²) in [5, 5.41) is 11.8. The van der Waals surface area contributed by atoms with Gasteiger partial charge < -0.3 is 10.1 Å². The number of nitro groups is 1. The molecular formula is C13H10N4O2. The molecule has 0 unspecified atom stereocenters. The van der Waals surface area contributed by atoms with E-state index in [1.807, 2.05) is 24.3 Å². The van der Waals surface area contributed by atoms with Crippen molar-refractivity contribution >= 4 is 16.7 Å². The predicted molar refractivity (Wildman–Crippen MR) is 71.0 cm³/mol. The summed E-state index contributed by atoms with van der Waals surface area (Å²) in [6, 6.07) is 16.0. The van der Waals surface area contributed by atoms with Crippen molar-refractivity contribution in [2.75, 3.05) is 5.12 Å². The Morgan fingerprint density at radius 3 is 2.47 bits per heavy atom. The first kappa shape index (κ1) is 11.2. The number of aromatic nitrogens is 2. The van der Waals surface area contributed by atoms with E-state index < -0.39 is 5.03 Å². The lowest BCUT2D eigenvalue weighted by Gasteiger charge is -2.15. The molecule has 0 aliphatic rings. The molecule has 1 heterocycles. The second-order valence-electron chi connectivity index (χ2n) is 3.94. The lowest BCUT2D eigenvalue weighted by molar-refractivity contribution is -0.502. The molecule has 6 nitrogen and oxygen atoms in total. The molecule has 3 aromatic rings. The molecule has 0 saturated carbocycles. The molecule has 94 valence electrons. The molecule has 0 aliphatic heterocycles. The van der Waals surface area contributed by atoms with Gasteiger partial charge in [0.1, 0.15) is 11.2 Å². The summed E-state index contributed by atoms with van der Waals surface area (Å²) in [6.07, 6.45) is 1.44. The molecule has 0 bridgehead atoms. The largest absolute Gasteiger partial charge is 0.339 e. The Morgan fingerprint density at radius 2 is 1.74 bits per heavy atom. The zero-order valence-electron chi connectivity index (χ0n) is 9.88. The van der Waals surface area contributed by atoms with Crippen LogP contribution in [0.4, 0.5) is 5.69 Å². The van der Waals surface area contributed by atoms with Gasteiger partial charge in [0.15, 0.2) is 5.52 Å². The molecule has 3 rings (SSSR count). The fourth-order valence-electron chi connectivity index (χ4n) is 1.96. The Hall–Kier alpha value is -2.89. The number of imidazole rings is 1. The highest BCUT2D eigenvalue weighted by Gasteiger charge is 2.21. The monoisotopic (exact) mass is 254 g/mol. The lowest BCUT2D eigenvalue weighted by Crippen LogP contribution is -2.34. The topological polar surface area (TPSA) is 64.2 Å². The number of para-hydroxylation sites is 3. The van der Waals surface area contributed by atoms with E-state index in [0.717, 1.165) is 5.12 Å². The third kappa shape index (κ3) is 1.89. The van der Waals surface area contributed by atoms with Crippen molar-refractivity contribution in [2.45, 2.75) is 0 Å². The third-order valence-electron chi connectivity index (χ3n) is 2.78. The van der Waals surface area contributed by atoms with Crippen molar-refractivity contribution in [2.24, 2.45) is 0 Å². The van der Waals surface area contributed by atoms with Gasteiger partial charge in [-0.15, -0.1) is 4.68 Å². The Bertz CT molecular complexity index is 724. The Morgan fingerprint density at radius 1 is 1.05 bits per heavy atom. The molecule has 0 fully saturated rings. The van der Waals surface area contributed by atoms with Crippen LogP contribution >= 0.6 is 0 Å². The van der Waals surface area contributed by atoms with E-state index in [1.54, 1.807) is 30.3 Å². The Balaban J connectivity index is 2.18. The molecule has 0 amide bonds. The minimum absolute atomic E-state index is 0.468. The number of hydrogen-bond donors (Lipinski definition) is 0. The summed E-state index contributed by atoms with van der Waals surface area (Å²) in [6.45, 7) is 0. The predicted octanol–water partition coefficient (Wildman–Crippen LogP) is 2.50. The van der Waals surface area contributed by atoms with Gasteiger partial charge in [0, 0.05) is 0 Å². The van der Waals surface area contributed by atoms with Crippen molar-refractivity contribution in [3.8, 4) is 0 Å². The third-order valence-corrected chi connectivity index (χ3v) is 2.78. The van der Waals surface area contributed by atoms with E-state index in [4.69, 9.17) is 0 Å². The molecule has 0 saturated heterocycles. The number of nitrogens with zero attached hydrogens (tertiary/aromatic N) is 4. The van der Waals surface area contributed by atoms with Crippen LogP contribution in [-0.2, 0) is 0 Å². The zero-order chi connectivity index (χ0) is 13.2. The van der Waals surface area contributed by atoms with Gasteiger partial charge in [-0.2, -0.15) is 0 Å². The van der Waals surface area contributed by atoms with Crippen LogP contribution in [-0.4, -0.2) is 14.7 Å². The molecule has 0 atom stereocenters. The van der Waals surface area contributed by atoms with Crippen LogP contribution in [0.25, 0.3) is 11.0 Å². The molecule has 0 radical (unpaired) electrons. The first-order chi connectivity index (χ1) is 9.27. The van der Waals surface area contributed by atoms with E-state index in [1.165, 1.54) is 11.0 Å². The van der Waals surface area contributed by atoms with Gasteiger partial charge >= 0.3 is 0 Å². The second kappa shape index (κ2) is 4.41. The van der Waals surface area contributed by atoms with Crippen LogP contribution in [0, 0.1) is 10.1 Å². The smallest absolute Gasteiger partial charge is 0.209 e. The molecule has 0 N–H and O–H groups in total. The zero-order valence-corrected chi connectivity index (χ0v) is 9.88. The summed E-state index contributed by atoms with van der Waals surface area (Å²) in [5.41, 5.74) is 1.86. The number of hydrazine groups is 1. The first-order valence-electron chi connectivity index (χ1n) is 5.69. The van der Waals surface area contributed by atoms with Gasteiger partial charge in [-0.25, -0.2) is 4.98 Å². The molecule has 0 spiro atoms. The maximum atomic E-state index is 11.3. The van der Waals surface area contributed by atoms with Crippen LogP contribution in [0.3, 0.4) is 0 Å². The van der Waals surface area contributed by atoms with Crippen molar-refractivity contribution in [1.82, 2.24) is 9.66 Å². The van der Waals surface area contributed by atoms with E-state index in [9.17, 15) is 10.1 Å². The van der Waals surface area contributed by atoms with E-state index in [-0.39, 0.29) is 0 Å². The fraction of sp³-hybridized carbons (Fsp3) is 0. The normalized spacial score (nSPS) is 10.5. The highest BCUT2D eigenvalue weighted by Crippen LogP contribution is 2.19. The van der Waals surface area contributed by atoms with Crippen LogP contribution < -0.4 is 5.12 Å². The molecule has 0 aliphatic carbocycles. The maximum absolute atomic E-state index is 11.3. The van der Waals surface area contributed by atoms with Gasteiger partial charge in [0.2, 0.25) is 6.33 Å². The van der Waals surface area contributed by atoms with Gasteiger partial charge in [-0.3, -0.25) is 0 Å². The second-order valence-corrected chi connectivity index (χ2v) is 3.94. The number of benzene rings is 2. The molecule has 2 aromatic carbocycles. The van der Waals surface area contributed by atoms with Crippen LogP contribution in [0.5, 0.6) is 0 Å². The van der Waals surface area contributed by atoms with Crippen LogP contribution in [0.2, 0.25) is 0 Å². The SMILES string of the molecule is O=[N+]([O-])N(c1ccccc1)n1cnc2ccccc21. The minimum atomic E-state index is -0.469. The van der Waals surface area contributed by atoms with Crippen molar-refractivity contribution in [3.63, 3.8) is 0 Å². The Labute approximate surface area is 108 Å². The Kier molecular flexibility index (Phi) is 2.60. The van der Waals surface area contributed by atoms with Gasteiger partial charge in [0.25, 0.3) is 0 Å². The molecule has 6 heteroatoms. The number of fused-ring (bicyclic) bond motifs is 1. The summed E-state index contributed by atoms with van der Waals surface area (Å²) >= 11 is 0. The molecular weight excluding hydrogens is 244 g/mol. The lowest BCUT2D eigenvalue weighted by atomic mass is 10.3. The first-order valence-corrected chi connectivity index (χ1v) is 5.69. The summed E-state index contributed by atoms with van der Waals surface area (Å²) < 4.78 is 1.42. The molecule has 1 aromatic heterocycles. The molecule has 19 heavy (non-hydrogen) atoms. The minimum Gasteiger partial charge on any atom is -0.339 e. The summed E-state index contributed by atoms with van der Waals surface area (Å²) in [5.74, 6) is 0. The maximum Gasteiger partial charge on any atom is 0.209 e. The van der Waals surface area contributed by atoms with Crippen molar-refractivity contribution < 1.29 is 5.03 Å². The number of anilines is 1. The van der Waals surface area contributed by atoms with Gasteiger partial charge in [-0.1, -0.05) is 30.3 Å². The number of rotatable bonds is 3. The van der Waals surface area contributed by atoms with Crippen molar-refractivity contribution in [1.29, 1.82) is 0 Å². The standard InChI is InChI=1S/C13H10N4O2/c18-17(19)16(11-6-2-1-3-7-11)15-10-14-12-8-4-5-9-13(12)15/h1-10H. The van der Waals surface area contributed by atoms with E-state index >= 15 is 0 Å². The van der Waals surface area contributed by atoms with E-state index in [0.29, 0.717) is 16.7 Å². The summed E-state index contributed by atoms with van der Waals surface area (Å²) in [7, 11) is 0. The highest BCUT2D eigenvalue weighted by atomic mass is 16.7. The average Bonchev–Trinajstić information content (AvgIpc) is 2.84. The van der Waals surface area contributed by atoms with Crippen LogP contribution in [0.15, 0.2) is 60.9 Å². The van der Waals surface area contributed by atoms with Crippen molar-refractivity contribution in [3.05, 3.63) is 71.0 Å².